The summed E-state index contributed by atoms with van der Waals surface area (Å²) >= 11 is 5.98. The van der Waals surface area contributed by atoms with Crippen LogP contribution in [-0.2, 0) is 6.54 Å². The summed E-state index contributed by atoms with van der Waals surface area (Å²) < 4.78 is 13.6. The van der Waals surface area contributed by atoms with E-state index in [2.05, 4.69) is 6.07 Å². The number of benzene rings is 1. The number of hydrogen-bond donors (Lipinski definition) is 0. The predicted octanol–water partition coefficient (Wildman–Crippen LogP) is 3.60. The van der Waals surface area contributed by atoms with Gasteiger partial charge < -0.3 is 0 Å². The summed E-state index contributed by atoms with van der Waals surface area (Å²) in [5.74, 6) is -0.292. The highest BCUT2D eigenvalue weighted by molar-refractivity contribution is 6.31. The minimum Gasteiger partial charge on any atom is -0.296 e. The molecule has 0 saturated heterocycles. The third kappa shape index (κ3) is 3.99. The quantitative estimate of drug-likeness (QED) is 0.803. The average Bonchev–Trinajstić information content (AvgIpc) is 2.27. The van der Waals surface area contributed by atoms with Crippen LogP contribution in [0.25, 0.3) is 0 Å². The Kier molecular flexibility index (Phi) is 5.40. The average molecular weight is 255 g/mol. The van der Waals surface area contributed by atoms with Gasteiger partial charge in [0.2, 0.25) is 0 Å². The van der Waals surface area contributed by atoms with Crippen molar-refractivity contribution in [3.63, 3.8) is 0 Å². The van der Waals surface area contributed by atoms with Gasteiger partial charge in [0.05, 0.1) is 6.07 Å². The zero-order valence-electron chi connectivity index (χ0n) is 10.1. The maximum Gasteiger partial charge on any atom is 0.129 e. The predicted molar refractivity (Wildman–Crippen MR) is 67.2 cm³/mol. The van der Waals surface area contributed by atoms with Gasteiger partial charge in [-0.3, -0.25) is 4.90 Å². The van der Waals surface area contributed by atoms with Gasteiger partial charge in [0.1, 0.15) is 5.82 Å². The molecule has 92 valence electrons. The number of halogens is 2. The molecule has 0 N–H and O–H groups in total. The molecule has 1 aromatic carbocycles. The zero-order chi connectivity index (χ0) is 12.8. The molecule has 0 radical (unpaired) electrons. The molecule has 4 heteroatoms. The smallest absolute Gasteiger partial charge is 0.129 e. The molecular weight excluding hydrogens is 239 g/mol. The Bertz CT molecular complexity index is 392. The fourth-order valence-corrected chi connectivity index (χ4v) is 1.82. The molecule has 0 fully saturated rings. The van der Waals surface area contributed by atoms with Crippen molar-refractivity contribution in [2.24, 2.45) is 0 Å². The highest BCUT2D eigenvalue weighted by atomic mass is 35.5. The van der Waals surface area contributed by atoms with Crippen molar-refractivity contribution in [1.82, 2.24) is 4.90 Å². The van der Waals surface area contributed by atoms with Gasteiger partial charge in [0.25, 0.3) is 0 Å². The Morgan fingerprint density at radius 2 is 2.18 bits per heavy atom. The Morgan fingerprint density at radius 1 is 1.47 bits per heavy atom. The van der Waals surface area contributed by atoms with E-state index in [0.29, 0.717) is 30.1 Å². The van der Waals surface area contributed by atoms with E-state index in [9.17, 15) is 4.39 Å². The number of nitrogens with zero attached hydrogens (tertiary/aromatic N) is 2. The zero-order valence-corrected chi connectivity index (χ0v) is 10.8. The number of hydrogen-bond acceptors (Lipinski definition) is 2. The molecule has 0 atom stereocenters. The molecule has 1 aromatic rings. The molecular formula is C13H16ClFN2. The summed E-state index contributed by atoms with van der Waals surface area (Å²) in [6.45, 7) is 5.10. The van der Waals surface area contributed by atoms with Crippen LogP contribution >= 0.6 is 11.6 Å². The summed E-state index contributed by atoms with van der Waals surface area (Å²) in [5.41, 5.74) is 0.501. The summed E-state index contributed by atoms with van der Waals surface area (Å²) in [4.78, 5) is 2.04. The van der Waals surface area contributed by atoms with E-state index in [1.54, 1.807) is 12.1 Å². The van der Waals surface area contributed by atoms with Crippen LogP contribution < -0.4 is 0 Å². The van der Waals surface area contributed by atoms with Gasteiger partial charge in [-0.2, -0.15) is 5.26 Å². The molecule has 0 heterocycles. The lowest BCUT2D eigenvalue weighted by atomic mass is 10.1. The molecule has 0 unspecified atom stereocenters. The molecule has 0 amide bonds. The maximum atomic E-state index is 13.6. The fraction of sp³-hybridized carbons (Fsp3) is 0.462. The van der Waals surface area contributed by atoms with Crippen LogP contribution in [0.1, 0.15) is 25.8 Å². The molecule has 17 heavy (non-hydrogen) atoms. The third-order valence-electron chi connectivity index (χ3n) is 2.66. The van der Waals surface area contributed by atoms with E-state index in [4.69, 9.17) is 16.9 Å². The molecule has 0 saturated carbocycles. The SMILES string of the molecule is CC(C)N(CCC#N)Cc1c(F)cccc1Cl. The highest BCUT2D eigenvalue weighted by Gasteiger charge is 2.14. The summed E-state index contributed by atoms with van der Waals surface area (Å²) in [7, 11) is 0. The van der Waals surface area contributed by atoms with Crippen LogP contribution in [0.4, 0.5) is 4.39 Å². The fourth-order valence-electron chi connectivity index (χ4n) is 1.60. The highest BCUT2D eigenvalue weighted by Crippen LogP contribution is 2.21. The molecule has 0 bridgehead atoms. The van der Waals surface area contributed by atoms with Crippen LogP contribution in [0.15, 0.2) is 18.2 Å². The molecule has 0 spiro atoms. The lowest BCUT2D eigenvalue weighted by Crippen LogP contribution is -2.31. The van der Waals surface area contributed by atoms with Crippen LogP contribution in [-0.4, -0.2) is 17.5 Å². The molecule has 0 aliphatic rings. The monoisotopic (exact) mass is 254 g/mol. The van der Waals surface area contributed by atoms with E-state index in [-0.39, 0.29) is 11.9 Å². The van der Waals surface area contributed by atoms with E-state index in [1.165, 1.54) is 6.07 Å². The van der Waals surface area contributed by atoms with Crippen LogP contribution in [0, 0.1) is 17.1 Å². The van der Waals surface area contributed by atoms with Gasteiger partial charge in [0.15, 0.2) is 0 Å². The maximum absolute atomic E-state index is 13.6. The Morgan fingerprint density at radius 3 is 2.71 bits per heavy atom. The van der Waals surface area contributed by atoms with Gasteiger partial charge in [-0.05, 0) is 26.0 Å². The van der Waals surface area contributed by atoms with Gasteiger partial charge in [-0.15, -0.1) is 0 Å². The summed E-state index contributed by atoms with van der Waals surface area (Å²) in [6.07, 6.45) is 0.435. The van der Waals surface area contributed by atoms with Crippen molar-refractivity contribution in [1.29, 1.82) is 5.26 Å². The molecule has 2 nitrogen and oxygen atoms in total. The van der Waals surface area contributed by atoms with Crippen LogP contribution in [0.5, 0.6) is 0 Å². The standard InChI is InChI=1S/C13H16ClFN2/c1-10(2)17(8-4-7-16)9-11-12(14)5-3-6-13(11)15/h3,5-6,10H,4,8-9H2,1-2H3. The second kappa shape index (κ2) is 6.58. The van der Waals surface area contributed by atoms with Crippen molar-refractivity contribution in [3.05, 3.63) is 34.6 Å². The first-order valence-corrected chi connectivity index (χ1v) is 5.98. The van der Waals surface area contributed by atoms with Gasteiger partial charge >= 0.3 is 0 Å². The Balaban J connectivity index is 2.83. The minimum absolute atomic E-state index is 0.249. The first kappa shape index (κ1) is 14.0. The number of nitriles is 1. The largest absolute Gasteiger partial charge is 0.296 e. The first-order chi connectivity index (χ1) is 8.06. The minimum atomic E-state index is -0.292. The van der Waals surface area contributed by atoms with E-state index in [1.807, 2.05) is 18.7 Å². The van der Waals surface area contributed by atoms with Crippen LogP contribution in [0.2, 0.25) is 5.02 Å². The van der Waals surface area contributed by atoms with Crippen LogP contribution in [0.3, 0.4) is 0 Å². The number of rotatable bonds is 5. The lowest BCUT2D eigenvalue weighted by Gasteiger charge is -2.26. The molecule has 0 aliphatic carbocycles. The van der Waals surface area contributed by atoms with Gasteiger partial charge in [-0.25, -0.2) is 4.39 Å². The molecule has 1 rings (SSSR count). The topological polar surface area (TPSA) is 27.0 Å². The first-order valence-electron chi connectivity index (χ1n) is 5.60. The molecule has 0 aliphatic heterocycles. The molecule has 0 aromatic heterocycles. The van der Waals surface area contributed by atoms with E-state index >= 15 is 0 Å². The normalized spacial score (nSPS) is 10.9. The van der Waals surface area contributed by atoms with Crippen molar-refractivity contribution in [2.75, 3.05) is 6.54 Å². The van der Waals surface area contributed by atoms with Gasteiger partial charge in [0, 0.05) is 36.1 Å². The summed E-state index contributed by atoms with van der Waals surface area (Å²) in [5, 5.41) is 9.03. The van der Waals surface area contributed by atoms with Gasteiger partial charge in [-0.1, -0.05) is 17.7 Å². The second-order valence-corrected chi connectivity index (χ2v) is 4.58. The van der Waals surface area contributed by atoms with Crippen molar-refractivity contribution in [2.45, 2.75) is 32.9 Å². The van der Waals surface area contributed by atoms with Crippen molar-refractivity contribution >= 4 is 11.6 Å². The van der Waals surface area contributed by atoms with E-state index in [0.717, 1.165) is 0 Å². The lowest BCUT2D eigenvalue weighted by molar-refractivity contribution is 0.215. The third-order valence-corrected chi connectivity index (χ3v) is 3.02. The van der Waals surface area contributed by atoms with Crippen molar-refractivity contribution in [3.8, 4) is 6.07 Å². The Labute approximate surface area is 107 Å². The second-order valence-electron chi connectivity index (χ2n) is 4.17. The van der Waals surface area contributed by atoms with E-state index < -0.39 is 0 Å². The Hall–Kier alpha value is -1.11. The van der Waals surface area contributed by atoms with Crippen molar-refractivity contribution < 1.29 is 4.39 Å². The summed E-state index contributed by atoms with van der Waals surface area (Å²) in [6, 6.07) is 7.03.